The first-order valence-electron chi connectivity index (χ1n) is 7.68. The third-order valence-corrected chi connectivity index (χ3v) is 3.94. The second-order valence-electron chi connectivity index (χ2n) is 6.06. The molecule has 1 N–H and O–H groups in total. The minimum atomic E-state index is 0.588. The first-order chi connectivity index (χ1) is 8.95. The SMILES string of the molecule is CCNC(CCCC(C)C)Cc1c(C)nn(C)c1C. The third-order valence-electron chi connectivity index (χ3n) is 3.94. The summed E-state index contributed by atoms with van der Waals surface area (Å²) >= 11 is 0. The maximum atomic E-state index is 4.52. The molecule has 1 aromatic rings. The Balaban J connectivity index is 2.61. The van der Waals surface area contributed by atoms with Crippen molar-refractivity contribution in [1.29, 1.82) is 0 Å². The van der Waals surface area contributed by atoms with Crippen molar-refractivity contribution in [2.45, 2.75) is 66.3 Å². The van der Waals surface area contributed by atoms with Gasteiger partial charge in [-0.05, 0) is 44.7 Å². The van der Waals surface area contributed by atoms with E-state index in [9.17, 15) is 0 Å². The first kappa shape index (κ1) is 16.2. The average molecular weight is 265 g/mol. The first-order valence-corrected chi connectivity index (χ1v) is 7.68. The summed E-state index contributed by atoms with van der Waals surface area (Å²) in [7, 11) is 2.03. The quantitative estimate of drug-likeness (QED) is 0.781. The number of hydrogen-bond acceptors (Lipinski definition) is 2. The minimum absolute atomic E-state index is 0.588. The van der Waals surface area contributed by atoms with Crippen molar-refractivity contribution in [3.63, 3.8) is 0 Å². The lowest BCUT2D eigenvalue weighted by molar-refractivity contribution is 0.441. The number of aryl methyl sites for hydroxylation is 2. The largest absolute Gasteiger partial charge is 0.314 e. The van der Waals surface area contributed by atoms with Gasteiger partial charge in [0.15, 0.2) is 0 Å². The molecular formula is C16H31N3. The van der Waals surface area contributed by atoms with E-state index in [1.165, 1.54) is 36.2 Å². The maximum Gasteiger partial charge on any atom is 0.0628 e. The lowest BCUT2D eigenvalue weighted by Gasteiger charge is -2.18. The van der Waals surface area contributed by atoms with Gasteiger partial charge in [0.2, 0.25) is 0 Å². The van der Waals surface area contributed by atoms with Gasteiger partial charge in [-0.2, -0.15) is 5.10 Å². The molecule has 1 atom stereocenters. The molecule has 1 aromatic heterocycles. The second-order valence-corrected chi connectivity index (χ2v) is 6.06. The van der Waals surface area contributed by atoms with E-state index in [1.54, 1.807) is 0 Å². The number of likely N-dealkylation sites (N-methyl/N-ethyl adjacent to an activating group) is 1. The summed E-state index contributed by atoms with van der Waals surface area (Å²) in [5.41, 5.74) is 3.93. The van der Waals surface area contributed by atoms with E-state index in [2.05, 4.69) is 45.0 Å². The van der Waals surface area contributed by atoms with Crippen molar-refractivity contribution in [2.24, 2.45) is 13.0 Å². The van der Waals surface area contributed by atoms with Crippen LogP contribution < -0.4 is 5.32 Å². The molecule has 0 radical (unpaired) electrons. The van der Waals surface area contributed by atoms with E-state index in [4.69, 9.17) is 0 Å². The topological polar surface area (TPSA) is 29.9 Å². The summed E-state index contributed by atoms with van der Waals surface area (Å²) in [6.45, 7) is 12.1. The van der Waals surface area contributed by atoms with Gasteiger partial charge in [-0.15, -0.1) is 0 Å². The Morgan fingerprint density at radius 2 is 1.89 bits per heavy atom. The molecule has 0 saturated heterocycles. The van der Waals surface area contributed by atoms with Gasteiger partial charge >= 0.3 is 0 Å². The number of aromatic nitrogens is 2. The van der Waals surface area contributed by atoms with Crippen LogP contribution in [0.25, 0.3) is 0 Å². The number of rotatable bonds is 8. The van der Waals surface area contributed by atoms with Crippen molar-refractivity contribution in [2.75, 3.05) is 6.54 Å². The fourth-order valence-corrected chi connectivity index (χ4v) is 2.70. The standard InChI is InChI=1S/C16H31N3/c1-7-17-15(10-8-9-12(2)3)11-16-13(4)18-19(6)14(16)5/h12,15,17H,7-11H2,1-6H3. The molecule has 0 aliphatic heterocycles. The van der Waals surface area contributed by atoms with Crippen LogP contribution in [0.3, 0.4) is 0 Å². The number of nitrogens with one attached hydrogen (secondary N) is 1. The lowest BCUT2D eigenvalue weighted by Crippen LogP contribution is -2.31. The highest BCUT2D eigenvalue weighted by Gasteiger charge is 2.15. The Kier molecular flexibility index (Phi) is 6.56. The highest BCUT2D eigenvalue weighted by molar-refractivity contribution is 5.25. The summed E-state index contributed by atoms with van der Waals surface area (Å²) in [6.07, 6.45) is 5.01. The Morgan fingerprint density at radius 3 is 2.37 bits per heavy atom. The molecule has 0 saturated carbocycles. The van der Waals surface area contributed by atoms with E-state index < -0.39 is 0 Å². The van der Waals surface area contributed by atoms with Gasteiger partial charge in [-0.1, -0.05) is 33.6 Å². The molecule has 0 aliphatic carbocycles. The van der Waals surface area contributed by atoms with Crippen LogP contribution >= 0.6 is 0 Å². The van der Waals surface area contributed by atoms with E-state index in [1.807, 2.05) is 11.7 Å². The monoisotopic (exact) mass is 265 g/mol. The van der Waals surface area contributed by atoms with Crippen LogP contribution in [0.15, 0.2) is 0 Å². The summed E-state index contributed by atoms with van der Waals surface area (Å²) in [5.74, 6) is 0.809. The molecule has 3 heteroatoms. The molecule has 0 spiro atoms. The van der Waals surface area contributed by atoms with E-state index in [0.717, 1.165) is 18.9 Å². The predicted molar refractivity (Wildman–Crippen MR) is 82.5 cm³/mol. The Labute approximate surface area is 118 Å². The molecular weight excluding hydrogens is 234 g/mol. The lowest BCUT2D eigenvalue weighted by atomic mass is 9.97. The molecule has 0 aliphatic rings. The van der Waals surface area contributed by atoms with Crippen molar-refractivity contribution in [3.8, 4) is 0 Å². The Morgan fingerprint density at radius 1 is 1.21 bits per heavy atom. The summed E-state index contributed by atoms with van der Waals surface area (Å²) in [5, 5.41) is 8.15. The van der Waals surface area contributed by atoms with E-state index in [0.29, 0.717) is 6.04 Å². The van der Waals surface area contributed by atoms with Gasteiger partial charge in [0.05, 0.1) is 5.69 Å². The highest BCUT2D eigenvalue weighted by atomic mass is 15.3. The highest BCUT2D eigenvalue weighted by Crippen LogP contribution is 2.17. The molecule has 3 nitrogen and oxygen atoms in total. The average Bonchev–Trinajstić information content (AvgIpc) is 2.55. The van der Waals surface area contributed by atoms with Gasteiger partial charge < -0.3 is 5.32 Å². The molecule has 0 amide bonds. The molecule has 1 heterocycles. The van der Waals surface area contributed by atoms with Crippen LogP contribution in [0.5, 0.6) is 0 Å². The van der Waals surface area contributed by atoms with E-state index in [-0.39, 0.29) is 0 Å². The zero-order chi connectivity index (χ0) is 14.4. The van der Waals surface area contributed by atoms with Crippen molar-refractivity contribution in [1.82, 2.24) is 15.1 Å². The van der Waals surface area contributed by atoms with Crippen LogP contribution in [0.1, 0.15) is 57.0 Å². The molecule has 19 heavy (non-hydrogen) atoms. The smallest absolute Gasteiger partial charge is 0.0628 e. The third kappa shape index (κ3) is 4.98. The van der Waals surface area contributed by atoms with Gasteiger partial charge in [0.1, 0.15) is 0 Å². The van der Waals surface area contributed by atoms with Gasteiger partial charge in [-0.3, -0.25) is 4.68 Å². The van der Waals surface area contributed by atoms with Crippen LogP contribution in [-0.2, 0) is 13.5 Å². The summed E-state index contributed by atoms with van der Waals surface area (Å²) in [4.78, 5) is 0. The summed E-state index contributed by atoms with van der Waals surface area (Å²) < 4.78 is 2.00. The molecule has 1 unspecified atom stereocenters. The van der Waals surface area contributed by atoms with Crippen LogP contribution in [0.2, 0.25) is 0 Å². The van der Waals surface area contributed by atoms with Crippen LogP contribution in [0, 0.1) is 19.8 Å². The van der Waals surface area contributed by atoms with Crippen LogP contribution in [0.4, 0.5) is 0 Å². The van der Waals surface area contributed by atoms with Crippen molar-refractivity contribution >= 4 is 0 Å². The molecule has 0 aromatic carbocycles. The van der Waals surface area contributed by atoms with Gasteiger partial charge in [0, 0.05) is 18.8 Å². The molecule has 0 bridgehead atoms. The zero-order valence-corrected chi connectivity index (χ0v) is 13.6. The summed E-state index contributed by atoms with van der Waals surface area (Å²) in [6, 6.07) is 0.588. The fraction of sp³-hybridized carbons (Fsp3) is 0.812. The second kappa shape index (κ2) is 7.68. The molecule has 0 fully saturated rings. The number of hydrogen-bond donors (Lipinski definition) is 1. The fourth-order valence-electron chi connectivity index (χ4n) is 2.70. The molecule has 1 rings (SSSR count). The van der Waals surface area contributed by atoms with Gasteiger partial charge in [-0.25, -0.2) is 0 Å². The Hall–Kier alpha value is -0.830. The van der Waals surface area contributed by atoms with E-state index >= 15 is 0 Å². The van der Waals surface area contributed by atoms with Gasteiger partial charge in [0.25, 0.3) is 0 Å². The zero-order valence-electron chi connectivity index (χ0n) is 13.6. The van der Waals surface area contributed by atoms with Crippen molar-refractivity contribution < 1.29 is 0 Å². The maximum absolute atomic E-state index is 4.52. The van der Waals surface area contributed by atoms with Crippen LogP contribution in [-0.4, -0.2) is 22.4 Å². The molecule has 110 valence electrons. The Bertz CT molecular complexity index is 380. The predicted octanol–water partition coefficient (Wildman–Crippen LogP) is 3.38. The van der Waals surface area contributed by atoms with Crippen molar-refractivity contribution in [3.05, 3.63) is 17.0 Å². The minimum Gasteiger partial charge on any atom is -0.314 e. The number of nitrogens with zero attached hydrogens (tertiary/aromatic N) is 2. The normalized spacial score (nSPS) is 13.2.